The molecule has 0 aliphatic rings. The fourth-order valence-electron chi connectivity index (χ4n) is 3.26. The summed E-state index contributed by atoms with van der Waals surface area (Å²) in [7, 11) is 0. The molecule has 0 bridgehead atoms. The maximum atomic E-state index is 12.6. The number of carbonyl (C=O) groups is 1. The molecule has 3 rings (SSSR count). The standard InChI is InChI=1S/C26H37N9O3/c1-2-3-10-30-24-33-25(31-19-20-7-11-28-12-8-20)35-26(34-24)32-22-6-4-5-21(18-22)23(36)29-13-15-38-17-16-37-14-9-27/h4-8,11-12,18H,2-3,9-10,13-17,19,27H2,1H3,(H,29,36)(H3,30,31,32,33,34,35). The summed E-state index contributed by atoms with van der Waals surface area (Å²) in [5, 5.41) is 12.5. The highest BCUT2D eigenvalue weighted by Gasteiger charge is 2.10. The first-order valence-electron chi connectivity index (χ1n) is 12.8. The van der Waals surface area contributed by atoms with Crippen LogP contribution in [0.2, 0.25) is 0 Å². The molecule has 3 aromatic rings. The summed E-state index contributed by atoms with van der Waals surface area (Å²) in [6.45, 7) is 6.13. The molecule has 0 spiro atoms. The molecule has 204 valence electrons. The second kappa shape index (κ2) is 16.8. The van der Waals surface area contributed by atoms with Crippen LogP contribution in [-0.4, -0.2) is 71.9 Å². The van der Waals surface area contributed by atoms with E-state index in [0.717, 1.165) is 24.9 Å². The number of unbranched alkanes of at least 4 members (excludes halogenated alkanes) is 1. The van der Waals surface area contributed by atoms with Crippen LogP contribution >= 0.6 is 0 Å². The summed E-state index contributed by atoms with van der Waals surface area (Å²) in [6, 6.07) is 11.0. The van der Waals surface area contributed by atoms with E-state index in [1.54, 1.807) is 30.6 Å². The van der Waals surface area contributed by atoms with E-state index < -0.39 is 0 Å². The zero-order valence-corrected chi connectivity index (χ0v) is 21.8. The number of hydrogen-bond acceptors (Lipinski definition) is 11. The van der Waals surface area contributed by atoms with Crippen molar-refractivity contribution in [3.63, 3.8) is 0 Å². The van der Waals surface area contributed by atoms with Crippen LogP contribution in [0.25, 0.3) is 0 Å². The molecular weight excluding hydrogens is 486 g/mol. The molecule has 12 heteroatoms. The van der Waals surface area contributed by atoms with E-state index in [2.05, 4.69) is 48.1 Å². The monoisotopic (exact) mass is 523 g/mol. The lowest BCUT2D eigenvalue weighted by Gasteiger charge is -2.12. The number of carbonyl (C=O) groups excluding carboxylic acids is 1. The van der Waals surface area contributed by atoms with Gasteiger partial charge in [0, 0.05) is 49.8 Å². The first kappa shape index (κ1) is 28.7. The van der Waals surface area contributed by atoms with Crippen LogP contribution in [0.15, 0.2) is 48.8 Å². The van der Waals surface area contributed by atoms with Gasteiger partial charge in [0.25, 0.3) is 5.91 Å². The molecule has 0 unspecified atom stereocenters. The Bertz CT molecular complexity index is 1100. The summed E-state index contributed by atoms with van der Waals surface area (Å²) >= 11 is 0. The molecule has 0 aliphatic carbocycles. The largest absolute Gasteiger partial charge is 0.378 e. The predicted molar refractivity (Wildman–Crippen MR) is 148 cm³/mol. The zero-order valence-electron chi connectivity index (χ0n) is 21.8. The van der Waals surface area contributed by atoms with Gasteiger partial charge in [-0.1, -0.05) is 19.4 Å². The topological polar surface area (TPSA) is 161 Å². The number of amides is 1. The Morgan fingerprint density at radius 1 is 0.895 bits per heavy atom. The van der Waals surface area contributed by atoms with Gasteiger partial charge in [0.2, 0.25) is 17.8 Å². The third kappa shape index (κ3) is 10.6. The molecule has 0 fully saturated rings. The van der Waals surface area contributed by atoms with Gasteiger partial charge in [0.1, 0.15) is 0 Å². The Kier molecular flexibility index (Phi) is 12.7. The van der Waals surface area contributed by atoms with Crippen molar-refractivity contribution in [1.29, 1.82) is 0 Å². The van der Waals surface area contributed by atoms with E-state index >= 15 is 0 Å². The van der Waals surface area contributed by atoms with E-state index in [9.17, 15) is 4.79 Å². The number of rotatable bonds is 18. The van der Waals surface area contributed by atoms with Gasteiger partial charge in [-0.2, -0.15) is 15.0 Å². The Morgan fingerprint density at radius 3 is 2.39 bits per heavy atom. The minimum atomic E-state index is -0.200. The van der Waals surface area contributed by atoms with Crippen molar-refractivity contribution in [3.05, 3.63) is 59.9 Å². The number of benzene rings is 1. The van der Waals surface area contributed by atoms with Gasteiger partial charge in [-0.25, -0.2) is 0 Å². The van der Waals surface area contributed by atoms with E-state index in [-0.39, 0.29) is 5.91 Å². The molecule has 0 saturated carbocycles. The van der Waals surface area contributed by atoms with Gasteiger partial charge in [0.05, 0.1) is 26.4 Å². The second-order valence-corrected chi connectivity index (χ2v) is 8.27. The molecule has 0 saturated heterocycles. The number of anilines is 4. The van der Waals surface area contributed by atoms with Gasteiger partial charge < -0.3 is 36.5 Å². The molecule has 12 nitrogen and oxygen atoms in total. The Morgan fingerprint density at radius 2 is 1.63 bits per heavy atom. The van der Waals surface area contributed by atoms with Crippen LogP contribution < -0.4 is 27.0 Å². The van der Waals surface area contributed by atoms with Crippen LogP contribution in [0.5, 0.6) is 0 Å². The van der Waals surface area contributed by atoms with E-state index in [0.29, 0.717) is 75.2 Å². The fourth-order valence-corrected chi connectivity index (χ4v) is 3.26. The number of nitrogens with one attached hydrogen (secondary N) is 4. The Labute approximate surface area is 223 Å². The number of aromatic nitrogens is 4. The highest BCUT2D eigenvalue weighted by Crippen LogP contribution is 2.18. The van der Waals surface area contributed by atoms with E-state index in [4.69, 9.17) is 15.2 Å². The van der Waals surface area contributed by atoms with Crippen molar-refractivity contribution in [2.24, 2.45) is 5.73 Å². The van der Waals surface area contributed by atoms with Crippen molar-refractivity contribution in [2.45, 2.75) is 26.3 Å². The third-order valence-corrected chi connectivity index (χ3v) is 5.20. The van der Waals surface area contributed by atoms with Crippen LogP contribution in [0.1, 0.15) is 35.7 Å². The minimum absolute atomic E-state index is 0.200. The number of hydrogen-bond donors (Lipinski definition) is 5. The SMILES string of the molecule is CCCCNc1nc(NCc2ccncc2)nc(Nc2cccc(C(=O)NCCOCCOCCN)c2)n1. The number of nitrogens with two attached hydrogens (primary N) is 1. The van der Waals surface area contributed by atoms with Gasteiger partial charge in [-0.3, -0.25) is 9.78 Å². The number of ether oxygens (including phenoxy) is 2. The van der Waals surface area contributed by atoms with Crippen LogP contribution in [0.4, 0.5) is 23.5 Å². The summed E-state index contributed by atoms with van der Waals surface area (Å²) < 4.78 is 10.7. The number of nitrogens with zero attached hydrogens (tertiary/aromatic N) is 4. The van der Waals surface area contributed by atoms with Crippen LogP contribution in [0.3, 0.4) is 0 Å². The lowest BCUT2D eigenvalue weighted by Crippen LogP contribution is -2.27. The quantitative estimate of drug-likeness (QED) is 0.156. The van der Waals surface area contributed by atoms with Crippen molar-refractivity contribution in [3.8, 4) is 0 Å². The molecule has 0 aliphatic heterocycles. The van der Waals surface area contributed by atoms with E-state index in [1.807, 2.05) is 18.2 Å². The normalized spacial score (nSPS) is 10.7. The van der Waals surface area contributed by atoms with Crippen LogP contribution in [0, 0.1) is 0 Å². The second-order valence-electron chi connectivity index (χ2n) is 8.27. The first-order chi connectivity index (χ1) is 18.7. The van der Waals surface area contributed by atoms with Crippen molar-refractivity contribution in [2.75, 3.05) is 62.0 Å². The van der Waals surface area contributed by atoms with Crippen LogP contribution in [-0.2, 0) is 16.0 Å². The lowest BCUT2D eigenvalue weighted by molar-refractivity contribution is 0.0511. The van der Waals surface area contributed by atoms with Gasteiger partial charge >= 0.3 is 0 Å². The van der Waals surface area contributed by atoms with Crippen molar-refractivity contribution < 1.29 is 14.3 Å². The van der Waals surface area contributed by atoms with Gasteiger partial charge in [0.15, 0.2) is 0 Å². The highest BCUT2D eigenvalue weighted by molar-refractivity contribution is 5.95. The Balaban J connectivity index is 1.59. The van der Waals surface area contributed by atoms with Crippen molar-refractivity contribution in [1.82, 2.24) is 25.3 Å². The first-order valence-corrected chi connectivity index (χ1v) is 12.8. The fraction of sp³-hybridized carbons (Fsp3) is 0.423. The average molecular weight is 524 g/mol. The van der Waals surface area contributed by atoms with Gasteiger partial charge in [-0.15, -0.1) is 0 Å². The molecule has 6 N–H and O–H groups in total. The molecule has 1 amide bonds. The van der Waals surface area contributed by atoms with Crippen molar-refractivity contribution >= 4 is 29.4 Å². The summed E-state index contributed by atoms with van der Waals surface area (Å²) in [4.78, 5) is 30.1. The molecule has 0 atom stereocenters. The maximum Gasteiger partial charge on any atom is 0.251 e. The lowest BCUT2D eigenvalue weighted by atomic mass is 10.2. The number of pyridine rings is 1. The summed E-state index contributed by atoms with van der Waals surface area (Å²) in [6.07, 6.45) is 5.54. The highest BCUT2D eigenvalue weighted by atomic mass is 16.5. The zero-order chi connectivity index (χ0) is 26.8. The Hall–Kier alpha value is -3.87. The predicted octanol–water partition coefficient (Wildman–Crippen LogP) is 2.56. The molecule has 0 radical (unpaired) electrons. The molecule has 2 heterocycles. The third-order valence-electron chi connectivity index (χ3n) is 5.20. The van der Waals surface area contributed by atoms with Gasteiger partial charge in [-0.05, 0) is 42.3 Å². The summed E-state index contributed by atoms with van der Waals surface area (Å²) in [5.74, 6) is 1.06. The molecule has 38 heavy (non-hydrogen) atoms. The maximum absolute atomic E-state index is 12.6. The molecular formula is C26H37N9O3. The smallest absolute Gasteiger partial charge is 0.251 e. The summed E-state index contributed by atoms with van der Waals surface area (Å²) in [5.41, 5.74) is 7.61. The molecule has 1 aromatic carbocycles. The minimum Gasteiger partial charge on any atom is -0.378 e. The van der Waals surface area contributed by atoms with E-state index in [1.165, 1.54) is 0 Å². The average Bonchev–Trinajstić information content (AvgIpc) is 2.94. The molecule has 2 aromatic heterocycles.